The van der Waals surface area contributed by atoms with E-state index in [2.05, 4.69) is 0 Å². The standard InChI is InChI=1S/C6H7F8N/c1-15(6(12,13)14)5(10,11)2-4(8,9)3-7/h2-3H2,1H3. The second kappa shape index (κ2) is 4.11. The molecule has 0 spiro atoms. The second-order valence-corrected chi connectivity index (χ2v) is 2.86. The molecule has 0 unspecified atom stereocenters. The molecule has 0 bridgehead atoms. The molecule has 0 aromatic rings. The predicted molar refractivity (Wildman–Crippen MR) is 34.3 cm³/mol. The summed E-state index contributed by atoms with van der Waals surface area (Å²) in [6, 6.07) is -4.85. The number of hydrogen-bond donors (Lipinski definition) is 0. The van der Waals surface area contributed by atoms with E-state index in [-0.39, 0.29) is 7.05 Å². The van der Waals surface area contributed by atoms with Crippen LogP contribution in [0.3, 0.4) is 0 Å². The zero-order valence-electron chi connectivity index (χ0n) is 7.39. The van der Waals surface area contributed by atoms with E-state index >= 15 is 0 Å². The van der Waals surface area contributed by atoms with Crippen LogP contribution in [0.15, 0.2) is 0 Å². The molecule has 0 fully saturated rings. The Morgan fingerprint density at radius 1 is 0.933 bits per heavy atom. The van der Waals surface area contributed by atoms with Crippen molar-refractivity contribution < 1.29 is 35.1 Å². The topological polar surface area (TPSA) is 3.24 Å². The number of halogens is 8. The van der Waals surface area contributed by atoms with E-state index in [1.807, 2.05) is 0 Å². The highest BCUT2D eigenvalue weighted by Gasteiger charge is 2.54. The van der Waals surface area contributed by atoms with Gasteiger partial charge in [0.05, 0.1) is 6.42 Å². The van der Waals surface area contributed by atoms with Gasteiger partial charge >= 0.3 is 12.3 Å². The largest absolute Gasteiger partial charge is 0.464 e. The molecular formula is C6H7F8N. The van der Waals surface area contributed by atoms with Crippen molar-refractivity contribution in [1.29, 1.82) is 0 Å². The lowest BCUT2D eigenvalue weighted by Gasteiger charge is -2.30. The molecule has 0 N–H and O–H groups in total. The van der Waals surface area contributed by atoms with E-state index in [0.717, 1.165) is 0 Å². The second-order valence-electron chi connectivity index (χ2n) is 2.86. The predicted octanol–water partition coefficient (Wildman–Crippen LogP) is 3.03. The summed E-state index contributed by atoms with van der Waals surface area (Å²) in [4.78, 5) is -1.48. The van der Waals surface area contributed by atoms with Crippen molar-refractivity contribution in [3.8, 4) is 0 Å². The maximum atomic E-state index is 12.6. The van der Waals surface area contributed by atoms with Gasteiger partial charge in [-0.15, -0.1) is 0 Å². The van der Waals surface area contributed by atoms with Crippen LogP contribution in [0, 0.1) is 0 Å². The van der Waals surface area contributed by atoms with Gasteiger partial charge < -0.3 is 0 Å². The highest BCUT2D eigenvalue weighted by molar-refractivity contribution is 4.77. The van der Waals surface area contributed by atoms with Crippen LogP contribution in [-0.4, -0.2) is 36.9 Å². The van der Waals surface area contributed by atoms with Crippen molar-refractivity contribution in [3.05, 3.63) is 0 Å². The van der Waals surface area contributed by atoms with Crippen LogP contribution in [0.1, 0.15) is 6.42 Å². The van der Waals surface area contributed by atoms with Crippen LogP contribution in [0.25, 0.3) is 0 Å². The van der Waals surface area contributed by atoms with Crippen LogP contribution >= 0.6 is 0 Å². The fourth-order valence-corrected chi connectivity index (χ4v) is 0.662. The molecule has 0 aliphatic heterocycles. The van der Waals surface area contributed by atoms with Crippen LogP contribution < -0.4 is 0 Å². The van der Waals surface area contributed by atoms with E-state index in [1.54, 1.807) is 0 Å². The van der Waals surface area contributed by atoms with Crippen molar-refractivity contribution >= 4 is 0 Å². The first-order valence-electron chi connectivity index (χ1n) is 3.55. The van der Waals surface area contributed by atoms with Gasteiger partial charge in [-0.25, -0.2) is 13.2 Å². The summed E-state index contributed by atoms with van der Waals surface area (Å²) in [6.07, 6.45) is -7.98. The normalized spacial score (nSPS) is 14.8. The molecule has 0 saturated heterocycles. The fourth-order valence-electron chi connectivity index (χ4n) is 0.662. The Morgan fingerprint density at radius 2 is 1.33 bits per heavy atom. The summed E-state index contributed by atoms with van der Waals surface area (Å²) < 4.78 is 96.1. The van der Waals surface area contributed by atoms with Gasteiger partial charge in [0, 0.05) is 7.05 Å². The molecule has 0 atom stereocenters. The Hall–Kier alpha value is -0.600. The van der Waals surface area contributed by atoms with Gasteiger partial charge in [0.2, 0.25) is 0 Å². The monoisotopic (exact) mass is 245 g/mol. The van der Waals surface area contributed by atoms with E-state index in [4.69, 9.17) is 0 Å². The summed E-state index contributed by atoms with van der Waals surface area (Å²) in [7, 11) is -0.0890. The molecule has 0 aromatic carbocycles. The zero-order chi connectivity index (χ0) is 12.5. The average molecular weight is 245 g/mol. The maximum Gasteiger partial charge on any atom is 0.464 e. The maximum absolute atomic E-state index is 12.6. The summed E-state index contributed by atoms with van der Waals surface area (Å²) in [5.41, 5.74) is 0. The van der Waals surface area contributed by atoms with E-state index in [0.29, 0.717) is 0 Å². The van der Waals surface area contributed by atoms with E-state index in [1.165, 1.54) is 0 Å². The SMILES string of the molecule is CN(C(F)(F)F)C(F)(F)CC(F)(F)CF. The minimum absolute atomic E-state index is 0.0890. The first-order chi connectivity index (χ1) is 6.42. The number of rotatable bonds is 4. The molecule has 9 heteroatoms. The Kier molecular flexibility index (Phi) is 3.94. The molecule has 0 aliphatic rings. The third-order valence-corrected chi connectivity index (χ3v) is 1.54. The van der Waals surface area contributed by atoms with Gasteiger partial charge in [-0.05, 0) is 0 Å². The third kappa shape index (κ3) is 4.18. The lowest BCUT2D eigenvalue weighted by molar-refractivity contribution is -0.333. The van der Waals surface area contributed by atoms with Gasteiger partial charge in [0.1, 0.15) is 0 Å². The lowest BCUT2D eigenvalue weighted by Crippen LogP contribution is -2.50. The molecule has 0 rings (SSSR count). The molecular weight excluding hydrogens is 238 g/mol. The quantitative estimate of drug-likeness (QED) is 0.543. The lowest BCUT2D eigenvalue weighted by atomic mass is 10.2. The molecule has 0 aromatic heterocycles. The summed E-state index contributed by atoms with van der Waals surface area (Å²) in [5, 5.41) is 0. The van der Waals surface area contributed by atoms with Gasteiger partial charge in [0.15, 0.2) is 6.67 Å². The first-order valence-corrected chi connectivity index (χ1v) is 3.55. The fraction of sp³-hybridized carbons (Fsp3) is 1.00. The van der Waals surface area contributed by atoms with Crippen LogP contribution in [0.5, 0.6) is 0 Å². The Morgan fingerprint density at radius 3 is 1.60 bits per heavy atom. The number of hydrogen-bond acceptors (Lipinski definition) is 1. The van der Waals surface area contributed by atoms with Gasteiger partial charge in [-0.1, -0.05) is 0 Å². The van der Waals surface area contributed by atoms with Crippen molar-refractivity contribution in [1.82, 2.24) is 4.90 Å². The highest BCUT2D eigenvalue weighted by atomic mass is 19.4. The molecule has 1 nitrogen and oxygen atoms in total. The molecule has 0 radical (unpaired) electrons. The molecule has 0 saturated carbocycles. The molecule has 0 amide bonds. The Bertz CT molecular complexity index is 210. The van der Waals surface area contributed by atoms with Gasteiger partial charge in [-0.2, -0.15) is 26.9 Å². The molecule has 0 heterocycles. The molecule has 0 aliphatic carbocycles. The zero-order valence-corrected chi connectivity index (χ0v) is 7.39. The van der Waals surface area contributed by atoms with Crippen molar-refractivity contribution in [2.45, 2.75) is 24.7 Å². The van der Waals surface area contributed by atoms with Crippen molar-refractivity contribution in [2.24, 2.45) is 0 Å². The Labute approximate surface area is 79.6 Å². The van der Waals surface area contributed by atoms with Crippen LogP contribution in [0.4, 0.5) is 35.1 Å². The van der Waals surface area contributed by atoms with E-state index < -0.39 is 36.3 Å². The van der Waals surface area contributed by atoms with Crippen molar-refractivity contribution in [2.75, 3.05) is 13.7 Å². The smallest absolute Gasteiger partial charge is 0.244 e. The summed E-state index contributed by atoms with van der Waals surface area (Å²) in [6.45, 7) is -2.44. The number of nitrogens with zero attached hydrogens (tertiary/aromatic N) is 1. The van der Waals surface area contributed by atoms with Gasteiger partial charge in [0.25, 0.3) is 5.92 Å². The minimum Gasteiger partial charge on any atom is -0.244 e. The summed E-state index contributed by atoms with van der Waals surface area (Å²) in [5.74, 6) is -4.48. The summed E-state index contributed by atoms with van der Waals surface area (Å²) >= 11 is 0. The van der Waals surface area contributed by atoms with Crippen molar-refractivity contribution in [3.63, 3.8) is 0 Å². The van der Waals surface area contributed by atoms with Crippen LogP contribution in [-0.2, 0) is 0 Å². The average Bonchev–Trinajstić information content (AvgIpc) is 1.99. The third-order valence-electron chi connectivity index (χ3n) is 1.54. The van der Waals surface area contributed by atoms with Crippen LogP contribution in [0.2, 0.25) is 0 Å². The first kappa shape index (κ1) is 14.4. The van der Waals surface area contributed by atoms with Gasteiger partial charge in [-0.3, -0.25) is 0 Å². The molecule has 92 valence electrons. The Balaban J connectivity index is 4.69. The highest BCUT2D eigenvalue weighted by Crippen LogP contribution is 2.37. The molecule has 15 heavy (non-hydrogen) atoms. The number of alkyl halides is 8. The van der Waals surface area contributed by atoms with E-state index in [9.17, 15) is 35.1 Å². The minimum atomic E-state index is -5.46.